The molecule has 2 aromatic heterocycles. The Hall–Kier alpha value is -4.68. The number of hydrogen-bond donors (Lipinski definition) is 6. The van der Waals surface area contributed by atoms with Crippen LogP contribution in [0.2, 0.25) is 5.02 Å². The molecule has 1 aliphatic heterocycles. The number of rotatable bonds is 10. The maximum absolute atomic E-state index is 11.8. The summed E-state index contributed by atoms with van der Waals surface area (Å²) >= 11 is 8.12. The number of carbonyl (C=O) groups excluding carboxylic acids is 1. The van der Waals surface area contributed by atoms with Crippen molar-refractivity contribution < 1.29 is 74.0 Å². The number of carboxylic acid groups (broad SMARTS) is 3. The lowest BCUT2D eigenvalue weighted by atomic mass is 10.1. The number of nitrogens with one attached hydrogen (secondary N) is 3. The number of nitrogens with zero attached hydrogens (tertiary/aromatic N) is 4. The number of fused-ring (bicyclic) bond motifs is 1. The van der Waals surface area contributed by atoms with Crippen LogP contribution in [0.1, 0.15) is 25.3 Å². The van der Waals surface area contributed by atoms with Gasteiger partial charge >= 0.3 is 42.5 Å². The van der Waals surface area contributed by atoms with E-state index >= 15 is 0 Å². The number of carboxylic acids is 3. The van der Waals surface area contributed by atoms with Gasteiger partial charge in [0.05, 0.1) is 16.1 Å². The molecular formula is C31H37ClF9N7O7S. The molecule has 56 heavy (non-hydrogen) atoms. The molecule has 0 atom stereocenters. The average Bonchev–Trinajstić information content (AvgIpc) is 3.52. The minimum Gasteiger partial charge on any atom is -0.475 e. The predicted molar refractivity (Wildman–Crippen MR) is 187 cm³/mol. The summed E-state index contributed by atoms with van der Waals surface area (Å²) < 4.78 is 96.3. The van der Waals surface area contributed by atoms with Gasteiger partial charge in [0.25, 0.3) is 0 Å². The monoisotopic (exact) mass is 857 g/mol. The predicted octanol–water partition coefficient (Wildman–Crippen LogP) is 6.17. The van der Waals surface area contributed by atoms with Crippen LogP contribution in [-0.2, 0) is 20.9 Å². The molecule has 6 N–H and O–H groups in total. The topological polar surface area (TPSA) is 197 Å². The van der Waals surface area contributed by atoms with Crippen molar-refractivity contribution in [2.24, 2.45) is 0 Å². The normalized spacial score (nSPS) is 13.5. The van der Waals surface area contributed by atoms with E-state index in [0.29, 0.717) is 24.1 Å². The summed E-state index contributed by atoms with van der Waals surface area (Å²) in [6, 6.07) is 8.18. The first-order valence-corrected chi connectivity index (χ1v) is 17.2. The number of likely N-dealkylation sites (N-methyl/N-ethyl adjacent to an activating group) is 1. The number of thiophene rings is 1. The number of urea groups is 1. The number of benzene rings is 1. The number of amides is 2. The average molecular weight is 858 g/mol. The fourth-order valence-electron chi connectivity index (χ4n) is 3.99. The van der Waals surface area contributed by atoms with Crippen molar-refractivity contribution in [1.82, 2.24) is 30.4 Å². The van der Waals surface area contributed by atoms with E-state index in [2.05, 4.69) is 56.0 Å². The highest BCUT2D eigenvalue weighted by molar-refractivity contribution is 7.22. The molecule has 0 radical (unpaired) electrons. The number of alkyl halides is 9. The molecule has 1 aliphatic rings. The first-order valence-electron chi connectivity index (χ1n) is 16.0. The van der Waals surface area contributed by atoms with Crippen LogP contribution in [0, 0.1) is 0 Å². The first kappa shape index (κ1) is 49.3. The number of piperazine rings is 1. The SMILES string of the molecule is CCCNC(=O)NCc1ccc2cc(-c3nc(NCCCN4CCN(C)CC4)ncc3Cl)sc2c1.O=C(O)C(F)(F)F.O=C(O)C(F)(F)F.O=C(O)C(F)(F)F. The first-order chi connectivity index (χ1) is 25.8. The van der Waals surface area contributed by atoms with E-state index < -0.39 is 36.4 Å². The molecule has 1 aromatic carbocycles. The standard InChI is InChI=1S/C25H34ClN7OS.3C2HF3O2/c1-3-7-28-25(34)30-16-18-5-6-19-15-22(35-21(19)14-18)23-20(26)17-29-24(31-23)27-8-4-9-33-12-10-32(2)11-13-33;3*3-2(4,5)1(6)7/h5-6,14-15,17H,3-4,7-13,16H2,1-2H3,(H,27,29,31)(H2,28,30,34);3*(H,6,7). The molecule has 14 nitrogen and oxygen atoms in total. The van der Waals surface area contributed by atoms with Crippen molar-refractivity contribution in [3.05, 3.63) is 41.0 Å². The Balaban J connectivity index is 0.000000610. The van der Waals surface area contributed by atoms with Gasteiger partial charge < -0.3 is 41.1 Å². The molecular weight excluding hydrogens is 821 g/mol. The van der Waals surface area contributed by atoms with E-state index in [-0.39, 0.29) is 6.03 Å². The Labute approximate surface area is 321 Å². The van der Waals surface area contributed by atoms with Gasteiger partial charge in [-0.05, 0) is 49.5 Å². The van der Waals surface area contributed by atoms with Crippen LogP contribution in [0.25, 0.3) is 20.7 Å². The second-order valence-corrected chi connectivity index (χ2v) is 12.8. The lowest BCUT2D eigenvalue weighted by Crippen LogP contribution is -2.44. The van der Waals surface area contributed by atoms with Gasteiger partial charge in [-0.15, -0.1) is 11.3 Å². The van der Waals surface area contributed by atoms with E-state index in [4.69, 9.17) is 46.3 Å². The summed E-state index contributed by atoms with van der Waals surface area (Å²) in [6.07, 6.45) is -11.6. The lowest BCUT2D eigenvalue weighted by molar-refractivity contribution is -0.193. The van der Waals surface area contributed by atoms with Crippen molar-refractivity contribution in [2.75, 3.05) is 58.2 Å². The Morgan fingerprint density at radius 1 is 0.839 bits per heavy atom. The Morgan fingerprint density at radius 3 is 1.88 bits per heavy atom. The summed E-state index contributed by atoms with van der Waals surface area (Å²) in [6.45, 7) is 9.62. The molecule has 1 fully saturated rings. The van der Waals surface area contributed by atoms with Crippen LogP contribution < -0.4 is 16.0 Å². The van der Waals surface area contributed by atoms with Gasteiger partial charge in [0.1, 0.15) is 5.69 Å². The van der Waals surface area contributed by atoms with E-state index in [1.807, 2.05) is 13.0 Å². The molecule has 2 amide bonds. The number of halogens is 10. The van der Waals surface area contributed by atoms with Gasteiger partial charge in [0.2, 0.25) is 5.95 Å². The van der Waals surface area contributed by atoms with Gasteiger partial charge in [-0.3, -0.25) is 0 Å². The third-order valence-electron chi connectivity index (χ3n) is 6.81. The van der Waals surface area contributed by atoms with Gasteiger partial charge in [0, 0.05) is 50.5 Å². The van der Waals surface area contributed by atoms with E-state index in [1.54, 1.807) is 17.5 Å². The molecule has 0 aliphatic carbocycles. The van der Waals surface area contributed by atoms with Gasteiger partial charge in [-0.2, -0.15) is 39.5 Å². The second kappa shape index (κ2) is 22.8. The minimum atomic E-state index is -5.08. The maximum atomic E-state index is 11.8. The third-order valence-corrected chi connectivity index (χ3v) is 8.19. The second-order valence-electron chi connectivity index (χ2n) is 11.3. The number of aromatic nitrogens is 2. The Morgan fingerprint density at radius 2 is 1.38 bits per heavy atom. The van der Waals surface area contributed by atoms with Gasteiger partial charge in [-0.25, -0.2) is 29.1 Å². The van der Waals surface area contributed by atoms with Crippen molar-refractivity contribution in [3.63, 3.8) is 0 Å². The zero-order chi connectivity index (χ0) is 42.9. The number of carbonyl (C=O) groups is 4. The van der Waals surface area contributed by atoms with Crippen LogP contribution >= 0.6 is 22.9 Å². The van der Waals surface area contributed by atoms with Crippen LogP contribution in [0.3, 0.4) is 0 Å². The van der Waals surface area contributed by atoms with E-state index in [0.717, 1.165) is 78.3 Å². The summed E-state index contributed by atoms with van der Waals surface area (Å²) in [5, 5.41) is 32.1. The van der Waals surface area contributed by atoms with E-state index in [9.17, 15) is 44.3 Å². The smallest absolute Gasteiger partial charge is 0.475 e. The maximum Gasteiger partial charge on any atom is 0.490 e. The van der Waals surface area contributed by atoms with Crippen molar-refractivity contribution >= 4 is 62.9 Å². The highest BCUT2D eigenvalue weighted by Gasteiger charge is 2.39. The van der Waals surface area contributed by atoms with E-state index in [1.165, 1.54) is 0 Å². The Bertz CT molecular complexity index is 1680. The molecule has 3 heterocycles. The molecule has 3 aromatic rings. The van der Waals surface area contributed by atoms with Crippen molar-refractivity contribution in [3.8, 4) is 10.6 Å². The number of anilines is 1. The zero-order valence-electron chi connectivity index (χ0n) is 29.4. The number of hydrogen-bond acceptors (Lipinski definition) is 10. The third kappa shape index (κ3) is 19.3. The summed E-state index contributed by atoms with van der Waals surface area (Å²) in [5.41, 5.74) is 1.79. The largest absolute Gasteiger partial charge is 0.490 e. The minimum absolute atomic E-state index is 0.143. The van der Waals surface area contributed by atoms with Gasteiger partial charge in [0.15, 0.2) is 0 Å². The van der Waals surface area contributed by atoms with Crippen LogP contribution in [0.4, 0.5) is 50.3 Å². The molecule has 0 bridgehead atoms. The summed E-state index contributed by atoms with van der Waals surface area (Å²) in [5.74, 6) is -7.67. The molecule has 25 heteroatoms. The molecule has 4 rings (SSSR count). The van der Waals surface area contributed by atoms with Crippen molar-refractivity contribution in [1.29, 1.82) is 0 Å². The zero-order valence-corrected chi connectivity index (χ0v) is 31.0. The van der Waals surface area contributed by atoms with Crippen LogP contribution in [-0.4, -0.2) is 130 Å². The highest BCUT2D eigenvalue weighted by Crippen LogP contribution is 2.36. The molecule has 0 spiro atoms. The fourth-order valence-corrected chi connectivity index (χ4v) is 5.36. The molecule has 1 saturated heterocycles. The summed E-state index contributed by atoms with van der Waals surface area (Å²) in [7, 11) is 2.18. The Kier molecular flexibility index (Phi) is 20.1. The highest BCUT2D eigenvalue weighted by atomic mass is 35.5. The lowest BCUT2D eigenvalue weighted by Gasteiger charge is -2.32. The van der Waals surface area contributed by atoms with Crippen LogP contribution in [0.15, 0.2) is 30.5 Å². The van der Waals surface area contributed by atoms with Crippen molar-refractivity contribution in [2.45, 2.75) is 44.8 Å². The molecule has 0 saturated carbocycles. The molecule has 0 unspecified atom stereocenters. The van der Waals surface area contributed by atoms with Gasteiger partial charge in [-0.1, -0.05) is 30.7 Å². The fraction of sp³-hybridized carbons (Fsp3) is 0.484. The number of aliphatic carboxylic acids is 3. The quantitative estimate of drug-likeness (QED) is 0.100. The molecule has 314 valence electrons. The van der Waals surface area contributed by atoms with Crippen LogP contribution in [0.5, 0.6) is 0 Å². The summed E-state index contributed by atoms with van der Waals surface area (Å²) in [4.78, 5) is 53.5.